The van der Waals surface area contributed by atoms with E-state index in [-0.39, 0.29) is 11.5 Å². The number of hydrogen-bond acceptors (Lipinski definition) is 4. The molecule has 0 aliphatic carbocycles. The third-order valence-electron chi connectivity index (χ3n) is 6.49. The molecule has 3 aromatic rings. The van der Waals surface area contributed by atoms with Gasteiger partial charge in [0.1, 0.15) is 0 Å². The second-order valence-electron chi connectivity index (χ2n) is 9.42. The van der Waals surface area contributed by atoms with E-state index < -0.39 is 27.2 Å². The molecule has 196 valence electrons. The van der Waals surface area contributed by atoms with Gasteiger partial charge >= 0.3 is 209 Å². The number of allylic oxidation sites excluding steroid dienone is 4. The van der Waals surface area contributed by atoms with Gasteiger partial charge in [-0.15, -0.1) is 6.58 Å². The van der Waals surface area contributed by atoms with Gasteiger partial charge in [-0.05, 0) is 0 Å². The summed E-state index contributed by atoms with van der Waals surface area (Å²) in [6, 6.07) is 9.46. The zero-order valence-electron chi connectivity index (χ0n) is 22.0. The van der Waals surface area contributed by atoms with Crippen molar-refractivity contribution in [3.8, 4) is 11.3 Å². The van der Waals surface area contributed by atoms with E-state index in [1.54, 1.807) is 6.92 Å². The molecule has 0 fully saturated rings. The summed E-state index contributed by atoms with van der Waals surface area (Å²) >= 11 is -0.794. The van der Waals surface area contributed by atoms with E-state index in [9.17, 15) is 14.7 Å². The molecular formula is C32H31INO4-. The zero-order valence-corrected chi connectivity index (χ0v) is 24.2. The quantitative estimate of drug-likeness (QED) is 0.295. The predicted molar refractivity (Wildman–Crippen MR) is 150 cm³/mol. The Kier molecular flexibility index (Phi) is 8.21. The summed E-state index contributed by atoms with van der Waals surface area (Å²) in [7, 11) is 0. The van der Waals surface area contributed by atoms with Crippen molar-refractivity contribution >= 4 is 23.0 Å². The normalized spacial score (nSPS) is 14.4. The number of carbonyl (C=O) groups is 1. The Morgan fingerprint density at radius 3 is 2.61 bits per heavy atom. The van der Waals surface area contributed by atoms with Gasteiger partial charge in [0, 0.05) is 0 Å². The molecular weight excluding hydrogens is 589 g/mol. The number of benzene rings is 2. The minimum Gasteiger partial charge on any atom is -0.0985 e. The van der Waals surface area contributed by atoms with Crippen LogP contribution in [0.2, 0.25) is 0 Å². The summed E-state index contributed by atoms with van der Waals surface area (Å²) in [6.07, 6.45) is 8.06. The summed E-state index contributed by atoms with van der Waals surface area (Å²) in [6.45, 7) is 15.4. The molecule has 38 heavy (non-hydrogen) atoms. The minimum absolute atomic E-state index is 0.0815. The Bertz CT molecular complexity index is 1620. The number of hydrogen-bond donors (Lipinski definition) is 2. The van der Waals surface area contributed by atoms with Gasteiger partial charge in [0.25, 0.3) is 0 Å². The minimum atomic E-state index is -0.917. The molecule has 1 atom stereocenters. The summed E-state index contributed by atoms with van der Waals surface area (Å²) < 4.78 is 8.94. The van der Waals surface area contributed by atoms with Crippen LogP contribution in [-0.2, 0) is 11.2 Å². The van der Waals surface area contributed by atoms with Crippen LogP contribution in [0.3, 0.4) is 0 Å². The van der Waals surface area contributed by atoms with Crippen molar-refractivity contribution in [1.29, 1.82) is 0 Å². The van der Waals surface area contributed by atoms with Gasteiger partial charge in [-0.1, -0.05) is 18.7 Å². The number of halogens is 1. The van der Waals surface area contributed by atoms with Gasteiger partial charge in [-0.3, -0.25) is 0 Å². The molecule has 0 unspecified atom stereocenters. The summed E-state index contributed by atoms with van der Waals surface area (Å²) in [5.74, 6) is -0.397. The molecule has 2 N–H and O–H groups in total. The van der Waals surface area contributed by atoms with Gasteiger partial charge in [0.2, 0.25) is 0 Å². The monoisotopic (exact) mass is 620 g/mol. The molecule has 1 aromatic heterocycles. The van der Waals surface area contributed by atoms with E-state index in [2.05, 4.69) is 18.5 Å². The van der Waals surface area contributed by atoms with E-state index in [0.29, 0.717) is 38.0 Å². The number of carboxylic acid groups (broad SMARTS) is 1. The van der Waals surface area contributed by atoms with Gasteiger partial charge in [-0.2, -0.15) is 0 Å². The smallest absolute Gasteiger partial charge is 0.0985 e. The van der Waals surface area contributed by atoms with Crippen LogP contribution in [0.15, 0.2) is 89.9 Å². The topological polar surface area (TPSA) is 79.5 Å². The Labute approximate surface area is 233 Å². The van der Waals surface area contributed by atoms with E-state index in [0.717, 1.165) is 33.4 Å². The van der Waals surface area contributed by atoms with Crippen molar-refractivity contribution in [2.24, 2.45) is 0 Å². The Balaban J connectivity index is 1.88. The van der Waals surface area contributed by atoms with Crippen LogP contribution in [0, 0.1) is 13.8 Å². The van der Waals surface area contributed by atoms with E-state index in [1.165, 1.54) is 0 Å². The average Bonchev–Trinajstić information content (AvgIpc) is 3.07. The molecule has 0 bridgehead atoms. The summed E-state index contributed by atoms with van der Waals surface area (Å²) in [4.78, 5) is 25.6. The second-order valence-corrected chi connectivity index (χ2v) is 11.7. The standard InChI is InChI=1S/C32H31INO4/c1-7-9-23-16-24(12-11-22(23)8-2)30-20(5)29(35)26-15-19(4)14-25(31(26)38-30)21(6)34-27-13-10-18(3)17-33-28(27)32(36)37/h7-8,10-17,21,34H,1-2,9H2,3-6H3,(H,36,37)/q-1/t21-/m1/s1. The molecule has 0 saturated heterocycles. The van der Waals surface area contributed by atoms with Crippen LogP contribution in [0.25, 0.3) is 28.4 Å². The maximum atomic E-state index is 13.6. The molecule has 0 spiro atoms. The SMILES string of the molecule is C=CCc1cc(-c2oc3c([C@@H](C)NC4=C(C(=O)O)[I-]C=C(C)C=C4)cc(C)cc3c(=O)c2C)ccc1C=C. The van der Waals surface area contributed by atoms with Crippen LogP contribution >= 0.6 is 0 Å². The van der Waals surface area contributed by atoms with Crippen LogP contribution < -0.4 is 32.0 Å². The Morgan fingerprint density at radius 2 is 1.92 bits per heavy atom. The first-order chi connectivity index (χ1) is 18.1. The molecule has 1 aliphatic heterocycles. The van der Waals surface area contributed by atoms with Crippen LogP contribution in [-0.4, -0.2) is 11.1 Å². The van der Waals surface area contributed by atoms with Crippen molar-refractivity contribution in [3.05, 3.63) is 119 Å². The molecule has 2 aromatic carbocycles. The van der Waals surface area contributed by atoms with Crippen molar-refractivity contribution < 1.29 is 35.5 Å². The maximum absolute atomic E-state index is 13.6. The fourth-order valence-corrected chi connectivity index (χ4v) is 6.50. The van der Waals surface area contributed by atoms with Gasteiger partial charge in [0.15, 0.2) is 0 Å². The Morgan fingerprint density at radius 1 is 1.16 bits per heavy atom. The summed E-state index contributed by atoms with van der Waals surface area (Å²) in [5, 5.41) is 13.8. The van der Waals surface area contributed by atoms with E-state index >= 15 is 0 Å². The number of fused-ring (bicyclic) bond motifs is 1. The Hall–Kier alpha value is -3.65. The predicted octanol–water partition coefficient (Wildman–Crippen LogP) is 3.96. The van der Waals surface area contributed by atoms with Crippen molar-refractivity contribution in [2.75, 3.05) is 0 Å². The summed E-state index contributed by atoms with van der Waals surface area (Å²) in [5.41, 5.74) is 7.19. The molecule has 0 radical (unpaired) electrons. The zero-order chi connectivity index (χ0) is 27.6. The fraction of sp³-hybridized carbons (Fsp3) is 0.188. The van der Waals surface area contributed by atoms with Crippen LogP contribution in [0.5, 0.6) is 0 Å². The molecule has 2 heterocycles. The molecule has 0 saturated carbocycles. The molecule has 5 nitrogen and oxygen atoms in total. The fourth-order valence-electron chi connectivity index (χ4n) is 4.55. The van der Waals surface area contributed by atoms with Gasteiger partial charge in [-0.25, -0.2) is 0 Å². The van der Waals surface area contributed by atoms with Gasteiger partial charge < -0.3 is 0 Å². The van der Waals surface area contributed by atoms with E-state index in [4.69, 9.17) is 4.42 Å². The average molecular weight is 621 g/mol. The van der Waals surface area contributed by atoms with Crippen molar-refractivity contribution in [3.63, 3.8) is 0 Å². The van der Waals surface area contributed by atoms with Crippen LogP contribution in [0.1, 0.15) is 47.7 Å². The van der Waals surface area contributed by atoms with Crippen LogP contribution in [0.4, 0.5) is 0 Å². The molecule has 6 heteroatoms. The van der Waals surface area contributed by atoms with Gasteiger partial charge in [0.05, 0.1) is 0 Å². The number of aryl methyl sites for hydroxylation is 1. The van der Waals surface area contributed by atoms with E-state index in [1.807, 2.05) is 79.5 Å². The first-order valence-electron chi connectivity index (χ1n) is 12.3. The van der Waals surface area contributed by atoms with Crippen molar-refractivity contribution in [2.45, 2.75) is 40.2 Å². The third kappa shape index (κ3) is 5.45. The molecule has 0 amide bonds. The molecule has 4 rings (SSSR count). The first-order valence-corrected chi connectivity index (χ1v) is 14.6. The number of carboxylic acids is 1. The molecule has 1 aliphatic rings. The first kappa shape index (κ1) is 27.4. The number of rotatable bonds is 8. The van der Waals surface area contributed by atoms with Crippen molar-refractivity contribution in [1.82, 2.24) is 5.32 Å². The number of aliphatic carboxylic acids is 1. The number of nitrogens with one attached hydrogen (secondary N) is 1. The third-order valence-corrected chi connectivity index (χ3v) is 9.45. The second kappa shape index (κ2) is 11.4.